The first kappa shape index (κ1) is 14.9. The number of hydrogen-bond donors (Lipinski definition) is 1. The molecule has 7 heteroatoms. The van der Waals surface area contributed by atoms with Gasteiger partial charge in [0.25, 0.3) is 0 Å². The van der Waals surface area contributed by atoms with Crippen LogP contribution in [-0.4, -0.2) is 27.7 Å². The molecule has 2 aliphatic rings. The molecular formula is C16H17ClN4OS. The summed E-state index contributed by atoms with van der Waals surface area (Å²) in [5, 5.41) is 13.5. The molecule has 4 rings (SSSR count). The minimum atomic E-state index is -0.106. The summed E-state index contributed by atoms with van der Waals surface area (Å²) >= 11 is 7.57. The highest BCUT2D eigenvalue weighted by Crippen LogP contribution is 2.42. The third-order valence-electron chi connectivity index (χ3n) is 4.33. The van der Waals surface area contributed by atoms with E-state index in [4.69, 9.17) is 11.6 Å². The molecule has 1 aliphatic heterocycles. The van der Waals surface area contributed by atoms with E-state index in [0.717, 1.165) is 30.0 Å². The first-order valence-corrected chi connectivity index (χ1v) is 9.06. The van der Waals surface area contributed by atoms with Crippen LogP contribution in [-0.2, 0) is 0 Å². The van der Waals surface area contributed by atoms with Crippen LogP contribution in [0.15, 0.2) is 24.3 Å². The number of nitrogens with one attached hydrogen (secondary N) is 1. The van der Waals surface area contributed by atoms with E-state index in [1.807, 2.05) is 29.2 Å². The summed E-state index contributed by atoms with van der Waals surface area (Å²) < 4.78 is 0. The van der Waals surface area contributed by atoms with E-state index in [-0.39, 0.29) is 12.1 Å². The molecule has 2 amide bonds. The highest BCUT2D eigenvalue weighted by molar-refractivity contribution is 7.15. The summed E-state index contributed by atoms with van der Waals surface area (Å²) in [7, 11) is 0. The zero-order valence-corrected chi connectivity index (χ0v) is 14.1. The molecule has 2 heterocycles. The van der Waals surface area contributed by atoms with Gasteiger partial charge in [0.2, 0.25) is 5.13 Å². The zero-order chi connectivity index (χ0) is 15.8. The summed E-state index contributed by atoms with van der Waals surface area (Å²) in [5.74, 6) is 0.559. The lowest BCUT2D eigenvalue weighted by Gasteiger charge is -2.24. The number of benzene rings is 1. The Balaban J connectivity index is 1.47. The van der Waals surface area contributed by atoms with E-state index in [2.05, 4.69) is 15.5 Å². The Hall–Kier alpha value is -1.66. The van der Waals surface area contributed by atoms with Crippen LogP contribution < -0.4 is 5.32 Å². The molecule has 1 aliphatic carbocycles. The van der Waals surface area contributed by atoms with E-state index in [1.165, 1.54) is 24.2 Å². The molecule has 5 nitrogen and oxygen atoms in total. The van der Waals surface area contributed by atoms with Gasteiger partial charge in [-0.15, -0.1) is 10.2 Å². The highest BCUT2D eigenvalue weighted by Gasteiger charge is 2.31. The molecule has 1 atom stereocenters. The van der Waals surface area contributed by atoms with Crippen molar-refractivity contribution in [2.45, 2.75) is 37.6 Å². The van der Waals surface area contributed by atoms with Crippen molar-refractivity contribution < 1.29 is 4.79 Å². The van der Waals surface area contributed by atoms with Gasteiger partial charge in [0.05, 0.1) is 6.04 Å². The monoisotopic (exact) mass is 348 g/mol. The zero-order valence-electron chi connectivity index (χ0n) is 12.5. The van der Waals surface area contributed by atoms with Gasteiger partial charge in [-0.2, -0.15) is 0 Å². The van der Waals surface area contributed by atoms with Crippen LogP contribution in [0.1, 0.15) is 48.2 Å². The average molecular weight is 349 g/mol. The van der Waals surface area contributed by atoms with Crippen LogP contribution >= 0.6 is 22.9 Å². The molecule has 0 radical (unpaired) electrons. The first-order chi connectivity index (χ1) is 11.2. The number of amides is 2. The Labute approximate surface area is 143 Å². The number of urea groups is 1. The molecule has 1 saturated carbocycles. The van der Waals surface area contributed by atoms with Crippen molar-refractivity contribution in [2.24, 2.45) is 0 Å². The molecule has 0 spiro atoms. The van der Waals surface area contributed by atoms with Gasteiger partial charge in [-0.05, 0) is 43.4 Å². The quantitative estimate of drug-likeness (QED) is 0.892. The number of anilines is 1. The predicted molar refractivity (Wildman–Crippen MR) is 91.0 cm³/mol. The van der Waals surface area contributed by atoms with Crippen LogP contribution in [0.25, 0.3) is 0 Å². The number of carbonyl (C=O) groups is 1. The van der Waals surface area contributed by atoms with Gasteiger partial charge >= 0.3 is 6.03 Å². The number of halogens is 1. The molecule has 1 aromatic heterocycles. The van der Waals surface area contributed by atoms with Crippen molar-refractivity contribution in [3.05, 3.63) is 39.9 Å². The number of rotatable bonds is 3. The van der Waals surface area contributed by atoms with E-state index in [0.29, 0.717) is 16.1 Å². The molecule has 1 aromatic carbocycles. The number of hydrogen-bond acceptors (Lipinski definition) is 4. The second-order valence-electron chi connectivity index (χ2n) is 6.06. The van der Waals surface area contributed by atoms with Gasteiger partial charge in [0.15, 0.2) is 0 Å². The Kier molecular flexibility index (Phi) is 3.95. The normalized spacial score (nSPS) is 20.7. The van der Waals surface area contributed by atoms with Crippen LogP contribution in [0.5, 0.6) is 0 Å². The second-order valence-corrected chi connectivity index (χ2v) is 7.50. The fourth-order valence-electron chi connectivity index (χ4n) is 3.01. The maximum absolute atomic E-state index is 12.6. The summed E-state index contributed by atoms with van der Waals surface area (Å²) in [4.78, 5) is 14.5. The van der Waals surface area contributed by atoms with Gasteiger partial charge in [0, 0.05) is 17.5 Å². The number of carbonyl (C=O) groups excluding carboxylic acids is 1. The van der Waals surface area contributed by atoms with Crippen molar-refractivity contribution in [1.82, 2.24) is 15.1 Å². The predicted octanol–water partition coefficient (Wildman–Crippen LogP) is 4.44. The van der Waals surface area contributed by atoms with E-state index < -0.39 is 0 Å². The summed E-state index contributed by atoms with van der Waals surface area (Å²) in [6.07, 6.45) is 4.32. The Morgan fingerprint density at radius 3 is 2.96 bits per heavy atom. The Bertz CT molecular complexity index is 730. The van der Waals surface area contributed by atoms with Crippen LogP contribution in [0, 0.1) is 0 Å². The van der Waals surface area contributed by atoms with Crippen molar-refractivity contribution in [3.8, 4) is 0 Å². The maximum atomic E-state index is 12.6. The number of nitrogens with zero attached hydrogens (tertiary/aromatic N) is 3. The van der Waals surface area contributed by atoms with Crippen LogP contribution in [0.4, 0.5) is 9.93 Å². The minimum Gasteiger partial charge on any atom is -0.317 e. The third kappa shape index (κ3) is 3.19. The van der Waals surface area contributed by atoms with E-state index in [1.54, 1.807) is 0 Å². The SMILES string of the molecule is O=C(Nc1nnc(C2CC2)s1)N1CCC[C@@H]1c1cccc(Cl)c1. The Morgan fingerprint density at radius 2 is 2.17 bits per heavy atom. The number of aromatic nitrogens is 2. The van der Waals surface area contributed by atoms with Gasteiger partial charge in [-0.3, -0.25) is 5.32 Å². The maximum Gasteiger partial charge on any atom is 0.324 e. The molecular weight excluding hydrogens is 332 g/mol. The fourth-order valence-corrected chi connectivity index (χ4v) is 4.11. The van der Waals surface area contributed by atoms with Crippen LogP contribution in [0.2, 0.25) is 5.02 Å². The average Bonchev–Trinajstić information content (AvgIpc) is 3.09. The smallest absolute Gasteiger partial charge is 0.317 e. The molecule has 23 heavy (non-hydrogen) atoms. The van der Waals surface area contributed by atoms with Crippen molar-refractivity contribution in [1.29, 1.82) is 0 Å². The van der Waals surface area contributed by atoms with Crippen molar-refractivity contribution in [2.75, 3.05) is 11.9 Å². The van der Waals surface area contributed by atoms with Crippen LogP contribution in [0.3, 0.4) is 0 Å². The number of likely N-dealkylation sites (tertiary alicyclic amines) is 1. The first-order valence-electron chi connectivity index (χ1n) is 7.87. The fraction of sp³-hybridized carbons (Fsp3) is 0.438. The Morgan fingerprint density at radius 1 is 1.30 bits per heavy atom. The molecule has 120 valence electrons. The minimum absolute atomic E-state index is 0.0736. The molecule has 1 saturated heterocycles. The summed E-state index contributed by atoms with van der Waals surface area (Å²) in [5.41, 5.74) is 1.08. The lowest BCUT2D eigenvalue weighted by molar-refractivity contribution is 0.207. The summed E-state index contributed by atoms with van der Waals surface area (Å²) in [6.45, 7) is 0.747. The third-order valence-corrected chi connectivity index (χ3v) is 5.56. The molecule has 0 unspecified atom stereocenters. The van der Waals surface area contributed by atoms with Gasteiger partial charge in [-0.1, -0.05) is 35.1 Å². The molecule has 2 aromatic rings. The highest BCUT2D eigenvalue weighted by atomic mass is 35.5. The molecule has 2 fully saturated rings. The lowest BCUT2D eigenvalue weighted by atomic mass is 10.1. The summed E-state index contributed by atoms with van der Waals surface area (Å²) in [6, 6.07) is 7.71. The topological polar surface area (TPSA) is 58.1 Å². The lowest BCUT2D eigenvalue weighted by Crippen LogP contribution is -2.34. The van der Waals surface area contributed by atoms with Crippen molar-refractivity contribution >= 4 is 34.1 Å². The molecule has 0 bridgehead atoms. The van der Waals surface area contributed by atoms with Crippen molar-refractivity contribution in [3.63, 3.8) is 0 Å². The largest absolute Gasteiger partial charge is 0.324 e. The second kappa shape index (κ2) is 6.09. The molecule has 1 N–H and O–H groups in total. The standard InChI is InChI=1S/C16H17ClN4OS/c17-12-4-1-3-11(9-12)13-5-2-8-21(13)16(22)18-15-20-19-14(23-15)10-6-7-10/h1,3-4,9-10,13H,2,5-8H2,(H,18,20,22)/t13-/m1/s1. The van der Waals surface area contributed by atoms with E-state index >= 15 is 0 Å². The van der Waals surface area contributed by atoms with Gasteiger partial charge < -0.3 is 4.90 Å². The van der Waals surface area contributed by atoms with Gasteiger partial charge in [0.1, 0.15) is 5.01 Å². The van der Waals surface area contributed by atoms with E-state index in [9.17, 15) is 4.79 Å². The van der Waals surface area contributed by atoms with Gasteiger partial charge in [-0.25, -0.2) is 4.79 Å².